The second-order valence-electron chi connectivity index (χ2n) is 7.04. The molecule has 0 radical (unpaired) electrons. The zero-order valence-electron chi connectivity index (χ0n) is 13.9. The van der Waals surface area contributed by atoms with Gasteiger partial charge in [0.25, 0.3) is 5.91 Å². The van der Waals surface area contributed by atoms with E-state index < -0.39 is 0 Å². The predicted octanol–water partition coefficient (Wildman–Crippen LogP) is 3.13. The minimum absolute atomic E-state index is 0.0143. The minimum Gasteiger partial charge on any atom is -0.484 e. The van der Waals surface area contributed by atoms with Crippen LogP contribution >= 0.6 is 0 Å². The first-order chi connectivity index (χ1) is 11.2. The van der Waals surface area contributed by atoms with E-state index in [9.17, 15) is 4.79 Å². The Morgan fingerprint density at radius 2 is 1.83 bits per heavy atom. The molecule has 1 N–H and O–H groups in total. The summed E-state index contributed by atoms with van der Waals surface area (Å²) in [5, 5.41) is 9.17. The monoisotopic (exact) mass is 317 g/mol. The van der Waals surface area contributed by atoms with Gasteiger partial charge in [-0.2, -0.15) is 0 Å². The number of rotatable bonds is 6. The molecule has 2 aliphatic rings. The molecule has 4 nitrogen and oxygen atoms in total. The number of hydrogen-bond acceptors (Lipinski definition) is 3. The lowest BCUT2D eigenvalue weighted by Gasteiger charge is -2.36. The second kappa shape index (κ2) is 7.35. The van der Waals surface area contributed by atoms with E-state index in [1.54, 1.807) is 6.07 Å². The molecule has 0 saturated heterocycles. The maximum Gasteiger partial charge on any atom is 0.261 e. The molecule has 0 atom stereocenters. The molecule has 1 amide bonds. The quantitative estimate of drug-likeness (QED) is 0.877. The van der Waals surface area contributed by atoms with Crippen LogP contribution in [0.25, 0.3) is 0 Å². The van der Waals surface area contributed by atoms with Crippen LogP contribution < -0.4 is 4.74 Å². The van der Waals surface area contributed by atoms with Crippen LogP contribution in [0.2, 0.25) is 0 Å². The molecular weight excluding hydrogens is 290 g/mol. The Balaban J connectivity index is 1.58. The summed E-state index contributed by atoms with van der Waals surface area (Å²) < 4.78 is 5.68. The van der Waals surface area contributed by atoms with Gasteiger partial charge in [-0.25, -0.2) is 0 Å². The van der Waals surface area contributed by atoms with E-state index in [-0.39, 0.29) is 19.1 Å². The summed E-state index contributed by atoms with van der Waals surface area (Å²) in [5.41, 5.74) is 0.801. The summed E-state index contributed by atoms with van der Waals surface area (Å²) in [6, 6.07) is 8.14. The molecule has 0 aromatic heterocycles. The Morgan fingerprint density at radius 3 is 2.43 bits per heavy atom. The van der Waals surface area contributed by atoms with Gasteiger partial charge in [0.2, 0.25) is 0 Å². The Kier molecular flexibility index (Phi) is 5.21. The van der Waals surface area contributed by atoms with Gasteiger partial charge < -0.3 is 14.7 Å². The Morgan fingerprint density at radius 1 is 1.17 bits per heavy atom. The molecule has 2 fully saturated rings. The first-order valence-electron chi connectivity index (χ1n) is 8.81. The fraction of sp³-hybridized carbons (Fsp3) is 0.632. The van der Waals surface area contributed by atoms with Gasteiger partial charge in [0.1, 0.15) is 5.75 Å². The van der Waals surface area contributed by atoms with Crippen molar-refractivity contribution in [2.45, 2.75) is 64.1 Å². The normalized spacial score (nSPS) is 24.3. The van der Waals surface area contributed by atoms with Crippen LogP contribution in [0.3, 0.4) is 0 Å². The van der Waals surface area contributed by atoms with Crippen molar-refractivity contribution < 1.29 is 14.6 Å². The molecule has 0 bridgehead atoms. The summed E-state index contributed by atoms with van der Waals surface area (Å²) in [7, 11) is 0. The minimum atomic E-state index is -0.0143. The molecule has 1 aromatic rings. The average molecular weight is 317 g/mol. The van der Waals surface area contributed by atoms with E-state index in [1.165, 1.54) is 12.8 Å². The van der Waals surface area contributed by atoms with Crippen molar-refractivity contribution in [1.29, 1.82) is 0 Å². The number of benzene rings is 1. The van der Waals surface area contributed by atoms with Gasteiger partial charge in [-0.15, -0.1) is 0 Å². The second-order valence-corrected chi connectivity index (χ2v) is 7.04. The van der Waals surface area contributed by atoms with Crippen molar-refractivity contribution in [2.24, 2.45) is 5.92 Å². The maximum absolute atomic E-state index is 12.7. The van der Waals surface area contributed by atoms with E-state index >= 15 is 0 Å². The zero-order chi connectivity index (χ0) is 16.2. The molecule has 2 aliphatic carbocycles. The van der Waals surface area contributed by atoms with Gasteiger partial charge in [-0.05, 0) is 62.1 Å². The lowest BCUT2D eigenvalue weighted by Crippen LogP contribution is -2.45. The molecule has 23 heavy (non-hydrogen) atoms. The average Bonchev–Trinajstić information content (AvgIpc) is 3.40. The van der Waals surface area contributed by atoms with Crippen LogP contribution in [-0.4, -0.2) is 34.6 Å². The molecule has 3 rings (SSSR count). The highest BCUT2D eigenvalue weighted by Crippen LogP contribution is 2.35. The third kappa shape index (κ3) is 4.25. The molecular formula is C19H27NO3. The van der Waals surface area contributed by atoms with E-state index in [1.807, 2.05) is 18.2 Å². The molecule has 4 heteroatoms. The Labute approximate surface area is 138 Å². The van der Waals surface area contributed by atoms with Crippen LogP contribution in [0.1, 0.15) is 51.0 Å². The van der Waals surface area contributed by atoms with Gasteiger partial charge in [0.05, 0.1) is 6.61 Å². The number of amides is 1. The fourth-order valence-corrected chi connectivity index (χ4v) is 3.53. The number of aliphatic hydroxyl groups excluding tert-OH is 1. The third-order valence-corrected chi connectivity index (χ3v) is 5.05. The SMILES string of the molecule is CC1CCC(N(C(=O)COc2cccc(CO)c2)C2CC2)CC1. The molecule has 0 unspecified atom stereocenters. The number of carbonyl (C=O) groups is 1. The van der Waals surface area contributed by atoms with Crippen LogP contribution in [0, 0.1) is 5.92 Å². The number of nitrogens with zero attached hydrogens (tertiary/aromatic N) is 1. The van der Waals surface area contributed by atoms with Crippen molar-refractivity contribution in [2.75, 3.05) is 6.61 Å². The maximum atomic E-state index is 12.7. The van der Waals surface area contributed by atoms with Crippen molar-refractivity contribution in [3.63, 3.8) is 0 Å². The van der Waals surface area contributed by atoms with Crippen molar-refractivity contribution >= 4 is 5.91 Å². The highest BCUT2D eigenvalue weighted by molar-refractivity contribution is 5.78. The first kappa shape index (κ1) is 16.3. The largest absolute Gasteiger partial charge is 0.484 e. The topological polar surface area (TPSA) is 49.8 Å². The van der Waals surface area contributed by atoms with Gasteiger partial charge in [0.15, 0.2) is 6.61 Å². The van der Waals surface area contributed by atoms with Crippen LogP contribution in [0.4, 0.5) is 0 Å². The van der Waals surface area contributed by atoms with Crippen molar-refractivity contribution in [1.82, 2.24) is 4.90 Å². The van der Waals surface area contributed by atoms with E-state index in [0.717, 1.165) is 37.2 Å². The van der Waals surface area contributed by atoms with Gasteiger partial charge >= 0.3 is 0 Å². The summed E-state index contributed by atoms with van der Waals surface area (Å²) in [6.45, 7) is 2.38. The van der Waals surface area contributed by atoms with Gasteiger partial charge in [-0.3, -0.25) is 4.79 Å². The fourth-order valence-electron chi connectivity index (χ4n) is 3.53. The highest BCUT2D eigenvalue weighted by atomic mass is 16.5. The summed E-state index contributed by atoms with van der Waals surface area (Å²) in [4.78, 5) is 14.8. The molecule has 2 saturated carbocycles. The first-order valence-corrected chi connectivity index (χ1v) is 8.81. The third-order valence-electron chi connectivity index (χ3n) is 5.05. The van der Waals surface area contributed by atoms with E-state index in [4.69, 9.17) is 9.84 Å². The Bertz CT molecular complexity index is 533. The van der Waals surface area contributed by atoms with Crippen molar-refractivity contribution in [3.05, 3.63) is 29.8 Å². The lowest BCUT2D eigenvalue weighted by molar-refractivity contribution is -0.137. The van der Waals surface area contributed by atoms with Crippen LogP contribution in [0.15, 0.2) is 24.3 Å². The van der Waals surface area contributed by atoms with Crippen LogP contribution in [0.5, 0.6) is 5.75 Å². The molecule has 0 heterocycles. The highest BCUT2D eigenvalue weighted by Gasteiger charge is 2.38. The van der Waals surface area contributed by atoms with Crippen molar-refractivity contribution in [3.8, 4) is 5.75 Å². The van der Waals surface area contributed by atoms with E-state index in [0.29, 0.717) is 17.8 Å². The summed E-state index contributed by atoms with van der Waals surface area (Å²) in [5.74, 6) is 1.55. The van der Waals surface area contributed by atoms with Gasteiger partial charge in [-0.1, -0.05) is 19.1 Å². The summed E-state index contributed by atoms with van der Waals surface area (Å²) in [6.07, 6.45) is 6.98. The smallest absolute Gasteiger partial charge is 0.261 e. The standard InChI is InChI=1S/C19H27NO3/c1-14-5-7-16(8-6-14)20(17-9-10-17)19(22)13-23-18-4-2-3-15(11-18)12-21/h2-4,11,14,16-17,21H,5-10,12-13H2,1H3. The van der Waals surface area contributed by atoms with Crippen LogP contribution in [-0.2, 0) is 11.4 Å². The summed E-state index contributed by atoms with van der Waals surface area (Å²) >= 11 is 0. The molecule has 1 aromatic carbocycles. The van der Waals surface area contributed by atoms with E-state index in [2.05, 4.69) is 11.8 Å². The number of ether oxygens (including phenoxy) is 1. The lowest BCUT2D eigenvalue weighted by atomic mass is 9.86. The predicted molar refractivity (Wildman–Crippen MR) is 89.1 cm³/mol. The molecule has 0 spiro atoms. The molecule has 0 aliphatic heterocycles. The number of hydrogen-bond donors (Lipinski definition) is 1. The molecule has 126 valence electrons. The van der Waals surface area contributed by atoms with Gasteiger partial charge in [0, 0.05) is 12.1 Å². The number of carbonyl (C=O) groups excluding carboxylic acids is 1. The number of aliphatic hydroxyl groups is 1. The zero-order valence-corrected chi connectivity index (χ0v) is 13.9. The Hall–Kier alpha value is -1.55.